The summed E-state index contributed by atoms with van der Waals surface area (Å²) < 4.78 is 0. The molecule has 2 nitrogen and oxygen atoms in total. The molecule has 0 aliphatic carbocycles. The first kappa shape index (κ1) is 17.3. The number of carbonyl (C=O) groups excluding carboxylic acids is 1. The minimum Gasteiger partial charge on any atom is -0.368 e. The largest absolute Gasteiger partial charge is 0.368 e. The highest BCUT2D eigenvalue weighted by molar-refractivity contribution is 6.39. The van der Waals surface area contributed by atoms with Gasteiger partial charge in [0.2, 0.25) is 0 Å². The fraction of sp³-hybridized carbons (Fsp3) is 0.350. The first-order valence-electron chi connectivity index (χ1n) is 8.21. The van der Waals surface area contributed by atoms with E-state index in [2.05, 4.69) is 30.9 Å². The molecule has 1 heterocycles. The molecule has 126 valence electrons. The van der Waals surface area contributed by atoms with Crippen LogP contribution >= 0.6 is 23.2 Å². The van der Waals surface area contributed by atoms with Crippen LogP contribution in [0.5, 0.6) is 0 Å². The summed E-state index contributed by atoms with van der Waals surface area (Å²) in [5, 5.41) is 1.38. The van der Waals surface area contributed by atoms with Gasteiger partial charge in [0.15, 0.2) is 6.29 Å². The second-order valence-electron chi connectivity index (χ2n) is 6.79. The van der Waals surface area contributed by atoms with Gasteiger partial charge in [0, 0.05) is 24.6 Å². The minimum absolute atomic E-state index is 0.332. The molecule has 0 N–H and O–H groups in total. The summed E-state index contributed by atoms with van der Waals surface area (Å²) in [5.74, 6) is 0.771. The number of aldehydes is 1. The van der Waals surface area contributed by atoms with E-state index in [0.717, 1.165) is 41.8 Å². The van der Waals surface area contributed by atoms with Gasteiger partial charge in [0.05, 0.1) is 15.7 Å². The Hall–Kier alpha value is -1.51. The van der Waals surface area contributed by atoms with Crippen molar-refractivity contribution >= 4 is 35.2 Å². The Morgan fingerprint density at radius 1 is 1.17 bits per heavy atom. The fourth-order valence-electron chi connectivity index (χ4n) is 3.39. The van der Waals surface area contributed by atoms with Crippen molar-refractivity contribution in [2.45, 2.75) is 32.6 Å². The summed E-state index contributed by atoms with van der Waals surface area (Å²) in [6.45, 7) is 8.05. The Kier molecular flexibility index (Phi) is 4.89. The molecule has 1 saturated heterocycles. The molecule has 0 spiro atoms. The zero-order chi connectivity index (χ0) is 17.4. The van der Waals surface area contributed by atoms with E-state index in [0.29, 0.717) is 21.9 Å². The van der Waals surface area contributed by atoms with Crippen molar-refractivity contribution in [3.63, 3.8) is 0 Å². The minimum atomic E-state index is 0.332. The maximum absolute atomic E-state index is 11.4. The SMILES string of the molecule is Cc1cc(C2CN(c3c(Cl)cccc3Cl)C2)cc(C(C)C)c1C=O. The predicted molar refractivity (Wildman–Crippen MR) is 102 cm³/mol. The molecule has 3 rings (SSSR count). The molecule has 4 heteroatoms. The number of nitrogens with zero attached hydrogens (tertiary/aromatic N) is 1. The second kappa shape index (κ2) is 6.78. The zero-order valence-electron chi connectivity index (χ0n) is 14.1. The molecule has 0 amide bonds. The van der Waals surface area contributed by atoms with Gasteiger partial charge in [-0.25, -0.2) is 0 Å². The van der Waals surface area contributed by atoms with Crippen LogP contribution in [-0.4, -0.2) is 19.4 Å². The first-order valence-corrected chi connectivity index (χ1v) is 8.96. The highest BCUT2D eigenvalue weighted by atomic mass is 35.5. The van der Waals surface area contributed by atoms with Crippen molar-refractivity contribution in [2.75, 3.05) is 18.0 Å². The summed E-state index contributed by atoms with van der Waals surface area (Å²) >= 11 is 12.6. The molecule has 2 aromatic carbocycles. The number of para-hydroxylation sites is 1. The lowest BCUT2D eigenvalue weighted by Crippen LogP contribution is -2.45. The Morgan fingerprint density at radius 2 is 1.79 bits per heavy atom. The van der Waals surface area contributed by atoms with Gasteiger partial charge in [-0.2, -0.15) is 0 Å². The normalized spacial score (nSPS) is 14.8. The Morgan fingerprint density at radius 3 is 2.33 bits per heavy atom. The molecule has 1 aliphatic rings. The topological polar surface area (TPSA) is 20.3 Å². The number of halogens is 2. The lowest BCUT2D eigenvalue weighted by atomic mass is 9.84. The van der Waals surface area contributed by atoms with Gasteiger partial charge < -0.3 is 4.90 Å². The van der Waals surface area contributed by atoms with E-state index in [4.69, 9.17) is 23.2 Å². The van der Waals surface area contributed by atoms with Crippen molar-refractivity contribution in [3.05, 3.63) is 62.6 Å². The van der Waals surface area contributed by atoms with Crippen molar-refractivity contribution in [1.82, 2.24) is 0 Å². The zero-order valence-corrected chi connectivity index (χ0v) is 15.7. The van der Waals surface area contributed by atoms with Gasteiger partial charge in [-0.05, 0) is 41.7 Å². The molecule has 24 heavy (non-hydrogen) atoms. The van der Waals surface area contributed by atoms with Crippen molar-refractivity contribution in [1.29, 1.82) is 0 Å². The van der Waals surface area contributed by atoms with E-state index in [-0.39, 0.29) is 0 Å². The second-order valence-corrected chi connectivity index (χ2v) is 7.60. The molecular weight excluding hydrogens is 341 g/mol. The molecular formula is C20H21Cl2NO. The molecule has 0 saturated carbocycles. The summed E-state index contributed by atoms with van der Waals surface area (Å²) in [4.78, 5) is 13.6. The Balaban J connectivity index is 1.85. The fourth-order valence-corrected chi connectivity index (χ4v) is 4.03. The average molecular weight is 362 g/mol. The molecule has 2 aromatic rings. The van der Waals surface area contributed by atoms with E-state index < -0.39 is 0 Å². The van der Waals surface area contributed by atoms with Crippen molar-refractivity contribution < 1.29 is 4.79 Å². The Bertz CT molecular complexity index is 759. The number of carbonyl (C=O) groups is 1. The number of benzene rings is 2. The van der Waals surface area contributed by atoms with Gasteiger partial charge in [0.1, 0.15) is 0 Å². The van der Waals surface area contributed by atoms with Crippen LogP contribution in [0, 0.1) is 6.92 Å². The number of aryl methyl sites for hydroxylation is 1. The number of rotatable bonds is 4. The Labute approximate surface area is 153 Å². The van der Waals surface area contributed by atoms with Crippen LogP contribution in [0.4, 0.5) is 5.69 Å². The first-order chi connectivity index (χ1) is 11.4. The molecule has 0 radical (unpaired) electrons. The van der Waals surface area contributed by atoms with Gasteiger partial charge in [-0.15, -0.1) is 0 Å². The van der Waals surface area contributed by atoms with Gasteiger partial charge in [0.25, 0.3) is 0 Å². The monoisotopic (exact) mass is 361 g/mol. The average Bonchev–Trinajstić information content (AvgIpc) is 2.48. The van der Waals surface area contributed by atoms with Crippen LogP contribution < -0.4 is 4.90 Å². The smallest absolute Gasteiger partial charge is 0.150 e. The van der Waals surface area contributed by atoms with E-state index in [9.17, 15) is 4.79 Å². The maximum atomic E-state index is 11.4. The molecule has 0 atom stereocenters. The van der Waals surface area contributed by atoms with Crippen LogP contribution in [0.3, 0.4) is 0 Å². The lowest BCUT2D eigenvalue weighted by molar-refractivity contribution is 0.112. The third kappa shape index (κ3) is 3.05. The maximum Gasteiger partial charge on any atom is 0.150 e. The summed E-state index contributed by atoms with van der Waals surface area (Å²) in [7, 11) is 0. The molecule has 0 aromatic heterocycles. The van der Waals surface area contributed by atoms with E-state index in [1.807, 2.05) is 25.1 Å². The molecule has 0 unspecified atom stereocenters. The lowest BCUT2D eigenvalue weighted by Gasteiger charge is -2.42. The quantitative estimate of drug-likeness (QED) is 0.637. The van der Waals surface area contributed by atoms with Crippen LogP contribution in [0.1, 0.15) is 52.7 Å². The summed E-state index contributed by atoms with van der Waals surface area (Å²) in [6, 6.07) is 9.94. The molecule has 1 aliphatic heterocycles. The van der Waals surface area contributed by atoms with E-state index >= 15 is 0 Å². The van der Waals surface area contributed by atoms with Crippen molar-refractivity contribution in [2.24, 2.45) is 0 Å². The van der Waals surface area contributed by atoms with Gasteiger partial charge in [-0.3, -0.25) is 4.79 Å². The molecule has 0 bridgehead atoms. The summed E-state index contributed by atoms with van der Waals surface area (Å²) in [6.07, 6.45) is 0.977. The van der Waals surface area contributed by atoms with E-state index in [1.54, 1.807) is 0 Å². The van der Waals surface area contributed by atoms with Crippen LogP contribution in [0.25, 0.3) is 0 Å². The van der Waals surface area contributed by atoms with E-state index in [1.165, 1.54) is 5.56 Å². The number of hydrogen-bond donors (Lipinski definition) is 0. The third-order valence-corrected chi connectivity index (χ3v) is 5.40. The third-order valence-electron chi connectivity index (χ3n) is 4.79. The van der Waals surface area contributed by atoms with Crippen molar-refractivity contribution in [3.8, 4) is 0 Å². The summed E-state index contributed by atoms with van der Waals surface area (Å²) in [5.41, 5.74) is 5.23. The highest BCUT2D eigenvalue weighted by Crippen LogP contribution is 2.40. The number of anilines is 1. The number of hydrogen-bond acceptors (Lipinski definition) is 2. The van der Waals surface area contributed by atoms with Crippen LogP contribution in [0.2, 0.25) is 10.0 Å². The standard InChI is InChI=1S/C20H21Cl2NO/c1-12(2)16-8-14(7-13(3)17(16)11-24)15-9-23(10-15)20-18(21)5-4-6-19(20)22/h4-8,11-12,15H,9-10H2,1-3H3. The highest BCUT2D eigenvalue weighted by Gasteiger charge is 2.31. The van der Waals surface area contributed by atoms with Gasteiger partial charge >= 0.3 is 0 Å². The predicted octanol–water partition coefficient (Wildman–Crippen LogP) is 5.84. The van der Waals surface area contributed by atoms with Crippen LogP contribution in [0.15, 0.2) is 30.3 Å². The van der Waals surface area contributed by atoms with Crippen LogP contribution in [-0.2, 0) is 0 Å². The molecule has 1 fully saturated rings. The van der Waals surface area contributed by atoms with Gasteiger partial charge in [-0.1, -0.05) is 55.2 Å².